The van der Waals surface area contributed by atoms with E-state index < -0.39 is 23.6 Å². The number of rotatable bonds is 4. The number of carbonyl (C=O) groups is 2. The van der Waals surface area contributed by atoms with E-state index in [2.05, 4.69) is 10.3 Å². The Hall–Kier alpha value is -3.62. The van der Waals surface area contributed by atoms with Gasteiger partial charge in [-0.25, -0.2) is 9.78 Å². The lowest BCUT2D eigenvalue weighted by Gasteiger charge is -2.13. The number of carboxylic acids is 1. The number of hydrogen-bond acceptors (Lipinski definition) is 3. The molecular weight excluding hydrogens is 387 g/mol. The first kappa shape index (κ1) is 20.1. The average molecular weight is 403 g/mol. The summed E-state index contributed by atoms with van der Waals surface area (Å²) in [5, 5.41) is 11.6. The van der Waals surface area contributed by atoms with Crippen LogP contribution in [0.25, 0.3) is 5.69 Å². The molecule has 0 saturated heterocycles. The fraction of sp³-hybridized carbons (Fsp3) is 0.150. The van der Waals surface area contributed by atoms with Gasteiger partial charge in [-0.1, -0.05) is 6.07 Å². The molecule has 150 valence electrons. The Kier molecular flexibility index (Phi) is 5.15. The van der Waals surface area contributed by atoms with Crippen molar-refractivity contribution in [1.82, 2.24) is 9.55 Å². The van der Waals surface area contributed by atoms with Crippen molar-refractivity contribution in [2.24, 2.45) is 0 Å². The Labute approximate surface area is 163 Å². The Balaban J connectivity index is 2.00. The number of aromatic carboxylic acids is 1. The number of anilines is 1. The maximum atomic E-state index is 13.3. The number of carboxylic acid groups (broad SMARTS) is 1. The van der Waals surface area contributed by atoms with E-state index >= 15 is 0 Å². The number of alkyl halides is 3. The molecule has 1 heterocycles. The third-order valence-corrected chi connectivity index (χ3v) is 4.24. The Morgan fingerprint density at radius 2 is 1.83 bits per heavy atom. The molecule has 2 N–H and O–H groups in total. The van der Waals surface area contributed by atoms with E-state index in [4.69, 9.17) is 0 Å². The maximum absolute atomic E-state index is 13.3. The minimum atomic E-state index is -4.65. The molecule has 0 bridgehead atoms. The number of nitrogens with zero attached hydrogens (tertiary/aromatic N) is 2. The second kappa shape index (κ2) is 7.42. The van der Waals surface area contributed by atoms with E-state index in [0.29, 0.717) is 11.3 Å². The highest BCUT2D eigenvalue weighted by Gasteiger charge is 2.32. The molecule has 0 radical (unpaired) electrons. The van der Waals surface area contributed by atoms with E-state index in [9.17, 15) is 27.9 Å². The van der Waals surface area contributed by atoms with Gasteiger partial charge in [-0.2, -0.15) is 13.2 Å². The van der Waals surface area contributed by atoms with Crippen LogP contribution in [0, 0.1) is 13.8 Å². The molecule has 29 heavy (non-hydrogen) atoms. The monoisotopic (exact) mass is 403 g/mol. The molecule has 1 aromatic heterocycles. The Morgan fingerprint density at radius 3 is 2.41 bits per heavy atom. The molecule has 9 heteroatoms. The van der Waals surface area contributed by atoms with Gasteiger partial charge < -0.3 is 15.0 Å². The zero-order valence-corrected chi connectivity index (χ0v) is 15.4. The standard InChI is InChI=1S/C20H16F3N3O3/c1-11-3-4-15(8-17(11)19(28)29)25-18(27)13-5-14(20(21,22)23)7-16(6-13)26-9-12(2)24-10-26/h3-10H,1-2H3,(H,25,27)(H,28,29). The van der Waals surface area contributed by atoms with Gasteiger partial charge in [-0.15, -0.1) is 0 Å². The van der Waals surface area contributed by atoms with Crippen molar-refractivity contribution < 1.29 is 27.9 Å². The van der Waals surface area contributed by atoms with Crippen molar-refractivity contribution in [3.8, 4) is 5.69 Å². The molecule has 0 spiro atoms. The summed E-state index contributed by atoms with van der Waals surface area (Å²) in [5.41, 5.74) is 0.166. The Morgan fingerprint density at radius 1 is 1.10 bits per heavy atom. The summed E-state index contributed by atoms with van der Waals surface area (Å²) in [5.74, 6) is -1.97. The van der Waals surface area contributed by atoms with E-state index in [0.717, 1.165) is 12.1 Å². The molecule has 3 rings (SSSR count). The number of carbonyl (C=O) groups excluding carboxylic acids is 1. The van der Waals surface area contributed by atoms with Crippen LogP contribution in [-0.4, -0.2) is 26.5 Å². The topological polar surface area (TPSA) is 84.2 Å². The SMILES string of the molecule is Cc1cn(-c2cc(C(=O)Nc3ccc(C)c(C(=O)O)c3)cc(C(F)(F)F)c2)cn1. The van der Waals surface area contributed by atoms with Crippen LogP contribution in [0.3, 0.4) is 0 Å². The van der Waals surface area contributed by atoms with Crippen molar-refractivity contribution in [3.63, 3.8) is 0 Å². The maximum Gasteiger partial charge on any atom is 0.416 e. The van der Waals surface area contributed by atoms with Gasteiger partial charge in [0.2, 0.25) is 0 Å². The number of amides is 1. The van der Waals surface area contributed by atoms with Gasteiger partial charge in [0.25, 0.3) is 5.91 Å². The van der Waals surface area contributed by atoms with E-state index in [1.165, 1.54) is 41.4 Å². The van der Waals surface area contributed by atoms with Crippen LogP contribution in [0.1, 0.15) is 37.5 Å². The normalized spacial score (nSPS) is 11.3. The molecule has 0 aliphatic rings. The summed E-state index contributed by atoms with van der Waals surface area (Å²) in [6.07, 6.45) is -1.76. The van der Waals surface area contributed by atoms with Crippen LogP contribution < -0.4 is 5.32 Å². The molecule has 1 amide bonds. The van der Waals surface area contributed by atoms with Gasteiger partial charge >= 0.3 is 12.1 Å². The van der Waals surface area contributed by atoms with Crippen LogP contribution in [0.4, 0.5) is 18.9 Å². The number of hydrogen-bond donors (Lipinski definition) is 2. The first-order valence-corrected chi connectivity index (χ1v) is 8.43. The first-order valence-electron chi connectivity index (χ1n) is 8.43. The summed E-state index contributed by atoms with van der Waals surface area (Å²) in [6, 6.07) is 7.21. The molecule has 0 atom stereocenters. The zero-order chi connectivity index (χ0) is 21.3. The van der Waals surface area contributed by atoms with Crippen molar-refractivity contribution in [1.29, 1.82) is 0 Å². The van der Waals surface area contributed by atoms with Gasteiger partial charge in [0, 0.05) is 23.1 Å². The third-order valence-electron chi connectivity index (χ3n) is 4.24. The van der Waals surface area contributed by atoms with Crippen molar-refractivity contribution in [2.75, 3.05) is 5.32 Å². The second-order valence-corrected chi connectivity index (χ2v) is 6.48. The number of aromatic nitrogens is 2. The largest absolute Gasteiger partial charge is 0.478 e. The summed E-state index contributed by atoms with van der Waals surface area (Å²) in [6.45, 7) is 3.29. The van der Waals surface area contributed by atoms with Gasteiger partial charge in [-0.3, -0.25) is 4.79 Å². The van der Waals surface area contributed by atoms with Crippen LogP contribution in [0.15, 0.2) is 48.9 Å². The highest BCUT2D eigenvalue weighted by molar-refractivity contribution is 6.05. The number of nitrogens with one attached hydrogen (secondary N) is 1. The van der Waals surface area contributed by atoms with Crippen LogP contribution in [0.2, 0.25) is 0 Å². The fourth-order valence-electron chi connectivity index (χ4n) is 2.75. The molecule has 0 unspecified atom stereocenters. The molecule has 0 aliphatic carbocycles. The highest BCUT2D eigenvalue weighted by atomic mass is 19.4. The van der Waals surface area contributed by atoms with E-state index in [1.54, 1.807) is 13.8 Å². The molecule has 3 aromatic rings. The van der Waals surface area contributed by atoms with Crippen LogP contribution in [-0.2, 0) is 6.18 Å². The zero-order valence-electron chi connectivity index (χ0n) is 15.4. The molecule has 2 aromatic carbocycles. The predicted molar refractivity (Wildman–Crippen MR) is 99.4 cm³/mol. The first-order chi connectivity index (χ1) is 13.5. The summed E-state index contributed by atoms with van der Waals surface area (Å²) < 4.78 is 41.4. The average Bonchev–Trinajstić information content (AvgIpc) is 3.08. The molecular formula is C20H16F3N3O3. The lowest BCUT2D eigenvalue weighted by Crippen LogP contribution is -2.15. The molecule has 0 saturated carbocycles. The predicted octanol–water partition coefficient (Wildman–Crippen LogP) is 4.46. The van der Waals surface area contributed by atoms with Gasteiger partial charge in [0.15, 0.2) is 0 Å². The lowest BCUT2D eigenvalue weighted by molar-refractivity contribution is -0.137. The van der Waals surface area contributed by atoms with Crippen LogP contribution >= 0.6 is 0 Å². The fourth-order valence-corrected chi connectivity index (χ4v) is 2.75. The third kappa shape index (κ3) is 4.45. The summed E-state index contributed by atoms with van der Waals surface area (Å²) in [4.78, 5) is 27.8. The van der Waals surface area contributed by atoms with E-state index in [1.807, 2.05) is 0 Å². The summed E-state index contributed by atoms with van der Waals surface area (Å²) in [7, 11) is 0. The van der Waals surface area contributed by atoms with Crippen molar-refractivity contribution in [3.05, 3.63) is 76.9 Å². The Bertz CT molecular complexity index is 1100. The summed E-state index contributed by atoms with van der Waals surface area (Å²) >= 11 is 0. The lowest BCUT2D eigenvalue weighted by atomic mass is 10.1. The molecule has 0 fully saturated rings. The minimum absolute atomic E-state index is 0.0126. The number of aryl methyl sites for hydroxylation is 2. The number of halogens is 3. The molecule has 0 aliphatic heterocycles. The van der Waals surface area contributed by atoms with Crippen LogP contribution in [0.5, 0.6) is 0 Å². The van der Waals surface area contributed by atoms with Crippen molar-refractivity contribution in [2.45, 2.75) is 20.0 Å². The number of imidazole rings is 1. The van der Waals surface area contributed by atoms with Gasteiger partial charge in [0.05, 0.1) is 23.1 Å². The smallest absolute Gasteiger partial charge is 0.416 e. The van der Waals surface area contributed by atoms with Gasteiger partial charge in [0.1, 0.15) is 0 Å². The highest BCUT2D eigenvalue weighted by Crippen LogP contribution is 2.32. The quantitative estimate of drug-likeness (QED) is 0.674. The molecule has 6 nitrogen and oxygen atoms in total. The van der Waals surface area contributed by atoms with Gasteiger partial charge in [-0.05, 0) is 49.7 Å². The number of benzene rings is 2. The second-order valence-electron chi connectivity index (χ2n) is 6.48. The minimum Gasteiger partial charge on any atom is -0.478 e. The van der Waals surface area contributed by atoms with Crippen molar-refractivity contribution >= 4 is 17.6 Å². The van der Waals surface area contributed by atoms with E-state index in [-0.39, 0.29) is 22.5 Å².